The van der Waals surface area contributed by atoms with Crippen LogP contribution in [0.2, 0.25) is 0 Å². The monoisotopic (exact) mass is 631 g/mol. The van der Waals surface area contributed by atoms with Crippen LogP contribution in [0.15, 0.2) is 47.5 Å². The number of aliphatic imine (C=N–C) groups is 1. The molecule has 4 N–H and O–H groups in total. The zero-order valence-corrected chi connectivity index (χ0v) is 24.2. The highest BCUT2D eigenvalue weighted by atomic mass is 19.4. The second-order valence-electron chi connectivity index (χ2n) is 10.3. The molecule has 1 fully saturated rings. The van der Waals surface area contributed by atoms with E-state index in [1.807, 2.05) is 0 Å². The molecule has 0 radical (unpaired) electrons. The molecule has 242 valence electrons. The molecule has 44 heavy (non-hydrogen) atoms. The number of hydrogen-bond acceptors (Lipinski definition) is 6. The van der Waals surface area contributed by atoms with Gasteiger partial charge in [-0.1, -0.05) is 50.3 Å². The van der Waals surface area contributed by atoms with Crippen molar-refractivity contribution in [2.45, 2.75) is 70.1 Å². The summed E-state index contributed by atoms with van der Waals surface area (Å²) >= 11 is 0. The Morgan fingerprint density at radius 2 is 1.61 bits per heavy atom. The summed E-state index contributed by atoms with van der Waals surface area (Å²) in [5, 5.41) is 4.99. The smallest absolute Gasteiger partial charge is 0.491 e. The number of methoxy groups -OCH3 is 2. The van der Waals surface area contributed by atoms with Crippen molar-refractivity contribution in [3.05, 3.63) is 53.6 Å². The van der Waals surface area contributed by atoms with Gasteiger partial charge >= 0.3 is 12.6 Å². The Kier molecular flexibility index (Phi) is 11.7. The van der Waals surface area contributed by atoms with Crippen molar-refractivity contribution < 1.29 is 45.4 Å². The lowest BCUT2D eigenvalue weighted by atomic mass is 9.84. The van der Waals surface area contributed by atoms with E-state index in [1.54, 1.807) is 18.2 Å². The van der Waals surface area contributed by atoms with Crippen molar-refractivity contribution in [1.82, 2.24) is 10.6 Å². The number of nitrogens with zero attached hydrogens (tertiary/aromatic N) is 2. The molecule has 15 heteroatoms. The number of carbonyl (C=O) groups excluding carboxylic acids is 2. The molecule has 0 heterocycles. The van der Waals surface area contributed by atoms with E-state index in [0.29, 0.717) is 35.6 Å². The van der Waals surface area contributed by atoms with Gasteiger partial charge < -0.3 is 20.5 Å². The van der Waals surface area contributed by atoms with Gasteiger partial charge in [0.15, 0.2) is 17.5 Å². The van der Waals surface area contributed by atoms with Crippen LogP contribution < -0.4 is 30.7 Å². The number of benzene rings is 2. The maximum absolute atomic E-state index is 13.2. The maximum Gasteiger partial charge on any atom is 0.491 e. The Balaban J connectivity index is 1.72. The highest BCUT2D eigenvalue weighted by molar-refractivity contribution is 5.98. The minimum Gasteiger partial charge on any atom is -0.493 e. The van der Waals surface area contributed by atoms with Crippen molar-refractivity contribution in [1.29, 1.82) is 0 Å². The number of ether oxygens (including phenoxy) is 2. The van der Waals surface area contributed by atoms with Crippen LogP contribution in [0.1, 0.15) is 49.7 Å². The van der Waals surface area contributed by atoms with E-state index < -0.39 is 41.0 Å². The summed E-state index contributed by atoms with van der Waals surface area (Å²) in [5.41, 5.74) is 5.45. The summed E-state index contributed by atoms with van der Waals surface area (Å²) in [6, 6.07) is 7.58. The molecule has 2 aromatic carbocycles. The maximum atomic E-state index is 13.2. The molecule has 3 rings (SSSR count). The van der Waals surface area contributed by atoms with Gasteiger partial charge in [0, 0.05) is 6.54 Å². The van der Waals surface area contributed by atoms with Crippen molar-refractivity contribution in [3.63, 3.8) is 0 Å². The number of nitrogens with one attached hydrogen (secondary N) is 2. The number of rotatable bonds is 11. The molecule has 9 nitrogen and oxygen atoms in total. The van der Waals surface area contributed by atoms with Crippen molar-refractivity contribution in [2.75, 3.05) is 19.1 Å². The first-order valence-corrected chi connectivity index (χ1v) is 13.9. The Hall–Kier alpha value is -4.17. The summed E-state index contributed by atoms with van der Waals surface area (Å²) in [6.07, 6.45) is -6.47. The van der Waals surface area contributed by atoms with Crippen LogP contribution in [0, 0.1) is 5.92 Å². The summed E-state index contributed by atoms with van der Waals surface area (Å²) in [6.45, 7) is -0.363. The molecule has 1 unspecified atom stereocenters. The average Bonchev–Trinajstić information content (AvgIpc) is 2.94. The van der Waals surface area contributed by atoms with Gasteiger partial charge in [-0.05, 0) is 47.7 Å². The third-order valence-corrected chi connectivity index (χ3v) is 7.10. The van der Waals surface area contributed by atoms with Gasteiger partial charge in [0.2, 0.25) is 11.8 Å². The van der Waals surface area contributed by atoms with Crippen LogP contribution in [0.25, 0.3) is 0 Å². The summed E-state index contributed by atoms with van der Waals surface area (Å²) < 4.78 is 89.3. The fourth-order valence-corrected chi connectivity index (χ4v) is 5.07. The van der Waals surface area contributed by atoms with Gasteiger partial charge in [0.25, 0.3) is 0 Å². The molecule has 0 aromatic heterocycles. The van der Waals surface area contributed by atoms with Gasteiger partial charge in [0.1, 0.15) is 6.04 Å². The predicted molar refractivity (Wildman–Crippen MR) is 151 cm³/mol. The zero-order chi connectivity index (χ0) is 32.5. The van der Waals surface area contributed by atoms with E-state index in [9.17, 15) is 35.9 Å². The minimum absolute atomic E-state index is 0.00550. The standard InChI is InChI=1S/C29H35F6N5O4/c1-43-23-12-11-19(15-24(23)44-2)16-25(41)39-27(36)38-22(14-18-7-4-3-5-8-18)26(42)37-17-20-9-6-10-21(13-20)40(28(30,31)32)29(33,34)35/h6,9-13,15,18,22H,3-5,7-8,14,16-17H2,1-2H3,(H,37,42)(H3,36,38,39,41). The Morgan fingerprint density at radius 1 is 0.955 bits per heavy atom. The van der Waals surface area contributed by atoms with Gasteiger partial charge in [-0.25, -0.2) is 4.99 Å². The third-order valence-electron chi connectivity index (χ3n) is 7.10. The molecular weight excluding hydrogens is 596 g/mol. The van der Waals surface area contributed by atoms with Crippen LogP contribution >= 0.6 is 0 Å². The second-order valence-corrected chi connectivity index (χ2v) is 10.3. The minimum atomic E-state index is -5.71. The quantitative estimate of drug-likeness (QED) is 0.136. The number of nitrogens with two attached hydrogens (primary N) is 1. The lowest BCUT2D eigenvalue weighted by molar-refractivity contribution is -0.226. The van der Waals surface area contributed by atoms with E-state index in [1.165, 1.54) is 20.3 Å². The fourth-order valence-electron chi connectivity index (χ4n) is 5.07. The van der Waals surface area contributed by atoms with Crippen molar-refractivity contribution >= 4 is 23.5 Å². The van der Waals surface area contributed by atoms with E-state index in [4.69, 9.17) is 15.2 Å². The highest BCUT2D eigenvalue weighted by Crippen LogP contribution is 2.38. The zero-order valence-electron chi connectivity index (χ0n) is 24.2. The van der Waals surface area contributed by atoms with Crippen LogP contribution in [0.5, 0.6) is 11.5 Å². The molecule has 0 bridgehead atoms. The van der Waals surface area contributed by atoms with Crippen LogP contribution in [0.3, 0.4) is 0 Å². The molecule has 1 atom stereocenters. The van der Waals surface area contributed by atoms with E-state index in [-0.39, 0.29) is 30.4 Å². The van der Waals surface area contributed by atoms with Gasteiger partial charge in [0.05, 0.1) is 26.3 Å². The number of halogens is 6. The average molecular weight is 632 g/mol. The molecule has 2 aromatic rings. The third kappa shape index (κ3) is 9.95. The number of carbonyl (C=O) groups is 2. The second kappa shape index (κ2) is 15.0. The molecule has 0 aliphatic heterocycles. The Morgan fingerprint density at radius 3 is 2.23 bits per heavy atom. The Bertz CT molecular complexity index is 1300. The van der Waals surface area contributed by atoms with E-state index in [0.717, 1.165) is 38.2 Å². The normalized spacial score (nSPS) is 15.3. The topological polar surface area (TPSA) is 118 Å². The number of hydrogen-bond donors (Lipinski definition) is 3. The van der Waals surface area contributed by atoms with Crippen LogP contribution in [-0.2, 0) is 22.6 Å². The number of alkyl halides is 6. The number of amides is 2. The van der Waals surface area contributed by atoms with Crippen LogP contribution in [0.4, 0.5) is 32.0 Å². The lowest BCUT2D eigenvalue weighted by Gasteiger charge is -2.29. The summed E-state index contributed by atoms with van der Waals surface area (Å²) in [7, 11) is 2.94. The SMILES string of the molecule is COc1ccc(CC(=O)NC(N)=NC(CC2CCCCC2)C(=O)NCc2cccc(N(C(F)(F)F)C(F)(F)F)c2)cc1OC. The first-order valence-electron chi connectivity index (χ1n) is 13.9. The summed E-state index contributed by atoms with van der Waals surface area (Å²) in [4.78, 5) is 28.5. The molecule has 2 amide bonds. The van der Waals surface area contributed by atoms with Gasteiger partial charge in [-0.2, -0.15) is 4.90 Å². The molecule has 0 saturated heterocycles. The van der Waals surface area contributed by atoms with Crippen molar-refractivity contribution in [3.8, 4) is 11.5 Å². The number of anilines is 1. The molecular formula is C29H35F6N5O4. The fraction of sp³-hybridized carbons (Fsp3) is 0.483. The first-order chi connectivity index (χ1) is 20.7. The molecule has 0 spiro atoms. The number of guanidine groups is 1. The lowest BCUT2D eigenvalue weighted by Crippen LogP contribution is -2.48. The first kappa shape index (κ1) is 34.3. The largest absolute Gasteiger partial charge is 0.493 e. The van der Waals surface area contributed by atoms with Gasteiger partial charge in [-0.3, -0.25) is 14.9 Å². The van der Waals surface area contributed by atoms with Crippen molar-refractivity contribution in [2.24, 2.45) is 16.6 Å². The van der Waals surface area contributed by atoms with E-state index >= 15 is 0 Å². The molecule has 1 aliphatic carbocycles. The Labute approximate surface area is 250 Å². The molecule has 1 aliphatic rings. The predicted octanol–water partition coefficient (Wildman–Crippen LogP) is 5.18. The van der Waals surface area contributed by atoms with Crippen LogP contribution in [-0.4, -0.2) is 50.6 Å². The molecule has 1 saturated carbocycles. The highest BCUT2D eigenvalue weighted by Gasteiger charge is 2.53. The summed E-state index contributed by atoms with van der Waals surface area (Å²) in [5.74, 6) is -0.390. The van der Waals surface area contributed by atoms with Gasteiger partial charge in [-0.15, -0.1) is 26.3 Å². The van der Waals surface area contributed by atoms with E-state index in [2.05, 4.69) is 15.6 Å².